The highest BCUT2D eigenvalue weighted by atomic mass is 16.5. The fourth-order valence-electron chi connectivity index (χ4n) is 3.66. The number of nitriles is 1. The molecule has 0 saturated carbocycles. The summed E-state index contributed by atoms with van der Waals surface area (Å²) in [5, 5.41) is 20.9. The maximum Gasteiger partial charge on any atom is 0.162 e. The van der Waals surface area contributed by atoms with Crippen molar-refractivity contribution in [1.82, 2.24) is 15.5 Å². The van der Waals surface area contributed by atoms with Gasteiger partial charge in [0.2, 0.25) is 0 Å². The van der Waals surface area contributed by atoms with Crippen LogP contribution in [-0.2, 0) is 9.53 Å². The number of carbonyl (C=O) groups is 1. The molecule has 7 nitrogen and oxygen atoms in total. The minimum absolute atomic E-state index is 0.0697. The van der Waals surface area contributed by atoms with Gasteiger partial charge >= 0.3 is 0 Å². The predicted octanol–water partition coefficient (Wildman–Crippen LogP) is 1.56. The maximum atomic E-state index is 12.9. The van der Waals surface area contributed by atoms with Crippen molar-refractivity contribution >= 4 is 5.78 Å². The number of hydrogen-bond acceptors (Lipinski definition) is 7. The first-order chi connectivity index (χ1) is 12.5. The van der Waals surface area contributed by atoms with Crippen molar-refractivity contribution in [2.24, 2.45) is 11.1 Å². The Labute approximate surface area is 152 Å². The highest BCUT2D eigenvalue weighted by Gasteiger charge is 2.41. The van der Waals surface area contributed by atoms with Gasteiger partial charge in [0.15, 0.2) is 5.78 Å². The molecule has 0 spiro atoms. The fourth-order valence-corrected chi connectivity index (χ4v) is 3.66. The molecule has 1 atom stereocenters. The summed E-state index contributed by atoms with van der Waals surface area (Å²) in [5.74, 6) is -0.368. The first kappa shape index (κ1) is 18.2. The lowest BCUT2D eigenvalue weighted by Gasteiger charge is -2.39. The topological polar surface area (TPSA) is 114 Å². The number of aromatic nitrogens is 2. The van der Waals surface area contributed by atoms with Crippen LogP contribution in [0.1, 0.15) is 38.2 Å². The Morgan fingerprint density at radius 3 is 2.88 bits per heavy atom. The van der Waals surface area contributed by atoms with E-state index in [2.05, 4.69) is 35.4 Å². The van der Waals surface area contributed by atoms with E-state index in [0.29, 0.717) is 36.4 Å². The van der Waals surface area contributed by atoms with Gasteiger partial charge in [0.05, 0.1) is 42.7 Å². The van der Waals surface area contributed by atoms with E-state index in [9.17, 15) is 10.1 Å². The molecule has 3 rings (SSSR count). The molecule has 0 bridgehead atoms. The summed E-state index contributed by atoms with van der Waals surface area (Å²) in [5.41, 5.74) is 8.87. The first-order valence-corrected chi connectivity index (χ1v) is 8.67. The second kappa shape index (κ2) is 7.36. The van der Waals surface area contributed by atoms with Crippen LogP contribution in [0.3, 0.4) is 0 Å². The van der Waals surface area contributed by atoms with Gasteiger partial charge in [-0.25, -0.2) is 0 Å². The summed E-state index contributed by atoms with van der Waals surface area (Å²) in [6.07, 6.45) is 4.39. The Morgan fingerprint density at radius 2 is 2.23 bits per heavy atom. The molecular formula is C19H23N5O2. The largest absolute Gasteiger partial charge is 0.374 e. The molecule has 0 amide bonds. The van der Waals surface area contributed by atoms with Crippen molar-refractivity contribution in [2.45, 2.75) is 32.6 Å². The molecule has 136 valence electrons. The van der Waals surface area contributed by atoms with Crippen LogP contribution in [0.4, 0.5) is 0 Å². The van der Waals surface area contributed by atoms with Gasteiger partial charge in [0, 0.05) is 30.4 Å². The van der Waals surface area contributed by atoms with E-state index < -0.39 is 5.92 Å². The Balaban J connectivity index is 2.09. The van der Waals surface area contributed by atoms with Crippen LogP contribution < -0.4 is 11.1 Å². The fraction of sp³-hybridized carbons (Fsp3) is 0.474. The minimum atomic E-state index is -0.438. The van der Waals surface area contributed by atoms with Crippen molar-refractivity contribution in [3.05, 3.63) is 46.6 Å². The second-order valence-electron chi connectivity index (χ2n) is 7.41. The lowest BCUT2D eigenvalue weighted by molar-refractivity contribution is -0.118. The van der Waals surface area contributed by atoms with Crippen molar-refractivity contribution in [2.75, 3.05) is 19.8 Å². The third-order valence-corrected chi connectivity index (χ3v) is 4.69. The highest BCUT2D eigenvalue weighted by Crippen LogP contribution is 2.46. The Kier molecular flexibility index (Phi) is 5.16. The number of hydrogen-bond donors (Lipinski definition) is 2. The SMILES string of the molecule is CC1(C)CC(=O)C2=C(C1)NC(COCCN)=C(C#N)C2c1ccnnc1. The van der Waals surface area contributed by atoms with E-state index in [1.165, 1.54) is 0 Å². The van der Waals surface area contributed by atoms with Gasteiger partial charge in [-0.2, -0.15) is 15.5 Å². The van der Waals surface area contributed by atoms with Crippen LogP contribution in [0, 0.1) is 16.7 Å². The first-order valence-electron chi connectivity index (χ1n) is 8.67. The number of allylic oxidation sites excluding steroid dienone is 3. The number of carbonyl (C=O) groups excluding carboxylic acids is 1. The number of dihydropyridines is 1. The number of ether oxygens (including phenoxy) is 1. The van der Waals surface area contributed by atoms with Gasteiger partial charge in [0.1, 0.15) is 0 Å². The number of Topliss-reactive ketones (excluding diaryl/α,β-unsaturated/α-hetero) is 1. The molecule has 2 heterocycles. The van der Waals surface area contributed by atoms with Gasteiger partial charge in [-0.1, -0.05) is 13.8 Å². The maximum absolute atomic E-state index is 12.9. The Bertz CT molecular complexity index is 805. The summed E-state index contributed by atoms with van der Waals surface area (Å²) >= 11 is 0. The van der Waals surface area contributed by atoms with E-state index in [1.807, 2.05) is 0 Å². The van der Waals surface area contributed by atoms with E-state index in [-0.39, 0.29) is 17.8 Å². The number of nitrogens with two attached hydrogens (primary N) is 1. The van der Waals surface area contributed by atoms with Crippen molar-refractivity contribution < 1.29 is 9.53 Å². The Morgan fingerprint density at radius 1 is 1.42 bits per heavy atom. The predicted molar refractivity (Wildman–Crippen MR) is 95.5 cm³/mol. The molecule has 1 aliphatic heterocycles. The van der Waals surface area contributed by atoms with E-state index in [1.54, 1.807) is 18.5 Å². The zero-order valence-corrected chi connectivity index (χ0v) is 15.1. The van der Waals surface area contributed by atoms with Gasteiger partial charge < -0.3 is 15.8 Å². The van der Waals surface area contributed by atoms with E-state index in [4.69, 9.17) is 10.5 Å². The summed E-state index contributed by atoms with van der Waals surface area (Å²) < 4.78 is 5.57. The van der Waals surface area contributed by atoms with Gasteiger partial charge in [-0.15, -0.1) is 0 Å². The third kappa shape index (κ3) is 3.52. The lowest BCUT2D eigenvalue weighted by atomic mass is 9.69. The van der Waals surface area contributed by atoms with E-state index in [0.717, 1.165) is 17.7 Å². The second-order valence-corrected chi connectivity index (χ2v) is 7.41. The van der Waals surface area contributed by atoms with Gasteiger partial charge in [-0.05, 0) is 23.5 Å². The number of ketones is 1. The molecule has 0 saturated heterocycles. The summed E-state index contributed by atoms with van der Waals surface area (Å²) in [6, 6.07) is 4.08. The zero-order chi connectivity index (χ0) is 18.7. The lowest BCUT2D eigenvalue weighted by Crippen LogP contribution is -2.38. The third-order valence-electron chi connectivity index (χ3n) is 4.69. The molecular weight excluding hydrogens is 330 g/mol. The highest BCUT2D eigenvalue weighted by molar-refractivity contribution is 6.00. The van der Waals surface area contributed by atoms with E-state index >= 15 is 0 Å². The van der Waals surface area contributed by atoms with Crippen LogP contribution in [0.15, 0.2) is 41.0 Å². The smallest absolute Gasteiger partial charge is 0.162 e. The standard InChI is InChI=1S/C19H23N5O2/c1-19(2)7-14-18(16(25)8-19)17(12-3-5-22-23-10-12)13(9-21)15(24-14)11-26-6-4-20/h3,5,10,17,24H,4,6-8,11,20H2,1-2H3. The van der Waals surface area contributed by atoms with Crippen molar-refractivity contribution in [3.8, 4) is 6.07 Å². The number of nitrogens with one attached hydrogen (secondary N) is 1. The molecule has 0 fully saturated rings. The summed E-state index contributed by atoms with van der Waals surface area (Å²) in [6.45, 7) is 5.22. The molecule has 0 aromatic carbocycles. The van der Waals surface area contributed by atoms with Gasteiger partial charge in [-0.3, -0.25) is 4.79 Å². The zero-order valence-electron chi connectivity index (χ0n) is 15.1. The molecule has 1 aromatic heterocycles. The molecule has 26 heavy (non-hydrogen) atoms. The van der Waals surface area contributed by atoms with Crippen molar-refractivity contribution in [3.63, 3.8) is 0 Å². The normalized spacial score (nSPS) is 21.9. The molecule has 7 heteroatoms. The van der Waals surface area contributed by atoms with Crippen LogP contribution in [0.25, 0.3) is 0 Å². The quantitative estimate of drug-likeness (QED) is 0.772. The average Bonchev–Trinajstić information content (AvgIpc) is 2.60. The number of nitrogens with zero attached hydrogens (tertiary/aromatic N) is 3. The van der Waals surface area contributed by atoms with Crippen LogP contribution >= 0.6 is 0 Å². The molecule has 1 unspecified atom stereocenters. The summed E-state index contributed by atoms with van der Waals surface area (Å²) in [4.78, 5) is 12.9. The summed E-state index contributed by atoms with van der Waals surface area (Å²) in [7, 11) is 0. The average molecular weight is 353 g/mol. The molecule has 1 aliphatic carbocycles. The molecule has 1 aromatic rings. The van der Waals surface area contributed by atoms with Crippen LogP contribution in [0.2, 0.25) is 0 Å². The van der Waals surface area contributed by atoms with Crippen LogP contribution in [-0.4, -0.2) is 35.7 Å². The molecule has 2 aliphatic rings. The van der Waals surface area contributed by atoms with Gasteiger partial charge in [0.25, 0.3) is 0 Å². The van der Waals surface area contributed by atoms with Crippen molar-refractivity contribution in [1.29, 1.82) is 5.26 Å². The monoisotopic (exact) mass is 353 g/mol. The molecule has 0 radical (unpaired) electrons. The number of rotatable bonds is 5. The molecule has 3 N–H and O–H groups in total. The Hall–Kier alpha value is -2.56. The minimum Gasteiger partial charge on any atom is -0.374 e. The van der Waals surface area contributed by atoms with Crippen LogP contribution in [0.5, 0.6) is 0 Å².